The molecule has 0 unspecified atom stereocenters. The minimum atomic E-state index is 0.102. The monoisotopic (exact) mass is 614 g/mol. The zero-order valence-corrected chi connectivity index (χ0v) is 25.3. The summed E-state index contributed by atoms with van der Waals surface area (Å²) >= 11 is 0. The summed E-state index contributed by atoms with van der Waals surface area (Å²) in [5.41, 5.74) is 9.62. The Bertz CT molecular complexity index is 2740. The van der Waals surface area contributed by atoms with Gasteiger partial charge in [0.2, 0.25) is 11.6 Å². The van der Waals surface area contributed by atoms with Crippen molar-refractivity contribution in [3.05, 3.63) is 146 Å². The molecule has 0 amide bonds. The number of rotatable bonds is 4. The Balaban J connectivity index is 1.34. The van der Waals surface area contributed by atoms with Crippen LogP contribution in [0.3, 0.4) is 0 Å². The molecule has 48 heavy (non-hydrogen) atoms. The van der Waals surface area contributed by atoms with Gasteiger partial charge in [0, 0.05) is 68.7 Å². The summed E-state index contributed by atoms with van der Waals surface area (Å²) in [6, 6.07) is 42.3. The standard InChI is InChI=1S/C40H22N8/c41-19-39-43-21-26(22-44-39)25-13-16-37(33(17-25)27-23-45-40(20-42)46-24-27)48-36-12-6-3-9-31(36)32-15-14-28(18-38(32)48)47-34-10-4-1-7-29(34)30-8-2-5-11-35(30)47/h1-18,21-24H. The predicted octanol–water partition coefficient (Wildman–Crippen LogP) is 8.54. The van der Waals surface area contributed by atoms with Gasteiger partial charge < -0.3 is 9.13 Å². The fraction of sp³-hybridized carbons (Fsp3) is 0. The Labute approximate surface area is 274 Å². The molecular weight excluding hydrogens is 592 g/mol. The van der Waals surface area contributed by atoms with Crippen molar-refractivity contribution in [1.29, 1.82) is 10.5 Å². The van der Waals surface area contributed by atoms with Gasteiger partial charge in [-0.15, -0.1) is 0 Å². The Hall–Kier alpha value is -7.16. The molecule has 0 radical (unpaired) electrons. The van der Waals surface area contributed by atoms with E-state index in [1.807, 2.05) is 18.2 Å². The summed E-state index contributed by atoms with van der Waals surface area (Å²) in [4.78, 5) is 17.0. The zero-order chi connectivity index (χ0) is 32.2. The summed E-state index contributed by atoms with van der Waals surface area (Å²) in [5.74, 6) is 0.213. The van der Waals surface area contributed by atoms with Crippen LogP contribution in [0.1, 0.15) is 11.6 Å². The third kappa shape index (κ3) is 4.14. The smallest absolute Gasteiger partial charge is 0.232 e. The summed E-state index contributed by atoms with van der Waals surface area (Å²) in [6.45, 7) is 0. The highest BCUT2D eigenvalue weighted by Crippen LogP contribution is 2.40. The molecule has 8 nitrogen and oxygen atoms in total. The van der Waals surface area contributed by atoms with Crippen LogP contribution in [-0.4, -0.2) is 29.1 Å². The summed E-state index contributed by atoms with van der Waals surface area (Å²) in [5, 5.41) is 23.3. The van der Waals surface area contributed by atoms with Crippen LogP contribution in [0, 0.1) is 22.7 Å². The summed E-state index contributed by atoms with van der Waals surface area (Å²) in [7, 11) is 0. The molecule has 0 fully saturated rings. The van der Waals surface area contributed by atoms with Crippen molar-refractivity contribution in [2.45, 2.75) is 0 Å². The number of hydrogen-bond acceptors (Lipinski definition) is 6. The molecule has 222 valence electrons. The molecule has 9 aromatic rings. The molecule has 0 bridgehead atoms. The van der Waals surface area contributed by atoms with Gasteiger partial charge in [-0.3, -0.25) is 0 Å². The molecule has 9 rings (SSSR count). The van der Waals surface area contributed by atoms with E-state index in [4.69, 9.17) is 0 Å². The third-order valence-electron chi connectivity index (χ3n) is 8.88. The van der Waals surface area contributed by atoms with Crippen molar-refractivity contribution in [2.24, 2.45) is 0 Å². The number of nitriles is 2. The Morgan fingerprint density at radius 1 is 0.438 bits per heavy atom. The zero-order valence-electron chi connectivity index (χ0n) is 25.3. The molecule has 0 aliphatic carbocycles. The van der Waals surface area contributed by atoms with E-state index in [1.165, 1.54) is 10.8 Å². The average Bonchev–Trinajstić information content (AvgIpc) is 3.67. The largest absolute Gasteiger partial charge is 0.309 e. The molecule has 0 saturated heterocycles. The van der Waals surface area contributed by atoms with E-state index in [2.05, 4.69) is 132 Å². The van der Waals surface area contributed by atoms with Gasteiger partial charge in [-0.25, -0.2) is 19.9 Å². The summed E-state index contributed by atoms with van der Waals surface area (Å²) in [6.07, 6.45) is 6.66. The maximum Gasteiger partial charge on any atom is 0.232 e. The van der Waals surface area contributed by atoms with E-state index >= 15 is 0 Å². The van der Waals surface area contributed by atoms with Crippen LogP contribution >= 0.6 is 0 Å². The van der Waals surface area contributed by atoms with Crippen molar-refractivity contribution < 1.29 is 0 Å². The summed E-state index contributed by atoms with van der Waals surface area (Å²) < 4.78 is 4.62. The van der Waals surface area contributed by atoms with Crippen LogP contribution in [0.5, 0.6) is 0 Å². The van der Waals surface area contributed by atoms with Gasteiger partial charge in [0.15, 0.2) is 0 Å². The molecule has 0 spiro atoms. The van der Waals surface area contributed by atoms with Gasteiger partial charge in [-0.2, -0.15) is 10.5 Å². The lowest BCUT2D eigenvalue weighted by atomic mass is 10.00. The van der Waals surface area contributed by atoms with Gasteiger partial charge in [0.05, 0.1) is 27.8 Å². The highest BCUT2D eigenvalue weighted by atomic mass is 15.0. The van der Waals surface area contributed by atoms with Crippen LogP contribution in [0.4, 0.5) is 0 Å². The molecule has 0 atom stereocenters. The van der Waals surface area contributed by atoms with E-state index in [-0.39, 0.29) is 11.6 Å². The quantitative estimate of drug-likeness (QED) is 0.197. The number of aromatic nitrogens is 6. The fourth-order valence-corrected chi connectivity index (χ4v) is 6.76. The molecule has 0 aliphatic rings. The highest BCUT2D eigenvalue weighted by molar-refractivity contribution is 6.12. The van der Waals surface area contributed by atoms with Crippen molar-refractivity contribution in [3.63, 3.8) is 0 Å². The molecule has 4 aromatic heterocycles. The van der Waals surface area contributed by atoms with Gasteiger partial charge in [-0.05, 0) is 48.0 Å². The first-order valence-electron chi connectivity index (χ1n) is 15.3. The lowest BCUT2D eigenvalue weighted by Crippen LogP contribution is -2.00. The van der Waals surface area contributed by atoms with E-state index in [9.17, 15) is 10.5 Å². The van der Waals surface area contributed by atoms with Crippen molar-refractivity contribution >= 4 is 43.6 Å². The lowest BCUT2D eigenvalue weighted by molar-refractivity contribution is 1.11. The Morgan fingerprint density at radius 3 is 1.50 bits per heavy atom. The number of para-hydroxylation sites is 3. The van der Waals surface area contributed by atoms with Crippen LogP contribution in [-0.2, 0) is 0 Å². The molecular formula is C40H22N8. The van der Waals surface area contributed by atoms with Crippen molar-refractivity contribution in [1.82, 2.24) is 29.1 Å². The maximum atomic E-state index is 9.39. The fourth-order valence-electron chi connectivity index (χ4n) is 6.76. The molecule has 0 saturated carbocycles. The van der Waals surface area contributed by atoms with E-state index in [0.717, 1.165) is 66.5 Å². The van der Waals surface area contributed by atoms with Gasteiger partial charge >= 0.3 is 0 Å². The Kier molecular flexibility index (Phi) is 6.07. The van der Waals surface area contributed by atoms with Crippen LogP contribution < -0.4 is 0 Å². The van der Waals surface area contributed by atoms with Crippen LogP contribution in [0.25, 0.3) is 77.2 Å². The molecule has 0 N–H and O–H groups in total. The number of nitrogens with zero attached hydrogens (tertiary/aromatic N) is 8. The number of benzene rings is 5. The van der Waals surface area contributed by atoms with Crippen LogP contribution in [0.2, 0.25) is 0 Å². The second kappa shape index (κ2) is 10.7. The molecule has 8 heteroatoms. The second-order valence-electron chi connectivity index (χ2n) is 11.5. The third-order valence-corrected chi connectivity index (χ3v) is 8.88. The Morgan fingerprint density at radius 2 is 0.938 bits per heavy atom. The number of fused-ring (bicyclic) bond motifs is 6. The minimum absolute atomic E-state index is 0.102. The first-order valence-corrected chi connectivity index (χ1v) is 15.3. The molecule has 5 aromatic carbocycles. The maximum absolute atomic E-state index is 9.39. The van der Waals surface area contributed by atoms with Gasteiger partial charge in [-0.1, -0.05) is 66.7 Å². The van der Waals surface area contributed by atoms with Crippen molar-refractivity contribution in [3.8, 4) is 45.8 Å². The van der Waals surface area contributed by atoms with Gasteiger partial charge in [0.25, 0.3) is 0 Å². The first-order chi connectivity index (χ1) is 23.7. The number of hydrogen-bond donors (Lipinski definition) is 0. The first kappa shape index (κ1) is 27.2. The van der Waals surface area contributed by atoms with E-state index < -0.39 is 0 Å². The highest BCUT2D eigenvalue weighted by Gasteiger charge is 2.19. The lowest BCUT2D eigenvalue weighted by Gasteiger charge is -2.16. The van der Waals surface area contributed by atoms with E-state index in [1.54, 1.807) is 24.8 Å². The topological polar surface area (TPSA) is 109 Å². The average molecular weight is 615 g/mol. The van der Waals surface area contributed by atoms with Crippen molar-refractivity contribution in [2.75, 3.05) is 0 Å². The normalized spacial score (nSPS) is 11.3. The SMILES string of the molecule is N#Cc1ncc(-c2ccc(-n3c4ccccc4c4ccc(-n5c6ccccc6c6ccccc65)cc43)c(-c3cnc(C#N)nc3)c2)cn1. The second-order valence-corrected chi connectivity index (χ2v) is 11.5. The van der Waals surface area contributed by atoms with Gasteiger partial charge in [0.1, 0.15) is 12.1 Å². The van der Waals surface area contributed by atoms with Crippen LogP contribution in [0.15, 0.2) is 134 Å². The predicted molar refractivity (Wildman–Crippen MR) is 187 cm³/mol. The minimum Gasteiger partial charge on any atom is -0.309 e. The molecule has 0 aliphatic heterocycles. The van der Waals surface area contributed by atoms with E-state index in [0.29, 0.717) is 0 Å². The molecule has 4 heterocycles.